The second kappa shape index (κ2) is 5.59. The van der Waals surface area contributed by atoms with E-state index >= 15 is 0 Å². The number of halogens is 3. The minimum Gasteiger partial charge on any atom is -0.326 e. The second-order valence-electron chi connectivity index (χ2n) is 3.56. The monoisotopic (exact) mass is 336 g/mol. The number of fused-ring (bicyclic) bond motifs is 1. The summed E-state index contributed by atoms with van der Waals surface area (Å²) in [5.74, 6) is 1.80. The van der Waals surface area contributed by atoms with E-state index < -0.39 is 0 Å². The first-order chi connectivity index (χ1) is 8.17. The van der Waals surface area contributed by atoms with Crippen LogP contribution in [0.25, 0.3) is 11.0 Å². The summed E-state index contributed by atoms with van der Waals surface area (Å²) in [4.78, 5) is 4.35. The summed E-state index contributed by atoms with van der Waals surface area (Å²) < 4.78 is 15.9. The quantitative estimate of drug-likeness (QED) is 0.784. The van der Waals surface area contributed by atoms with Crippen molar-refractivity contribution >= 4 is 50.3 Å². The van der Waals surface area contributed by atoms with E-state index in [-0.39, 0.29) is 5.82 Å². The van der Waals surface area contributed by atoms with E-state index in [2.05, 4.69) is 27.2 Å². The molecule has 0 bridgehead atoms. The number of aryl methyl sites for hydroxylation is 1. The minimum absolute atomic E-state index is 0.298. The van der Waals surface area contributed by atoms with Gasteiger partial charge in [0.15, 0.2) is 0 Å². The standard InChI is InChI=1S/C11H11BrClFN2S/c1-17-3-2-16-10-4-7(12)8(14)5-9(10)15-11(16)6-13/h4-5H,2-3,6H2,1H3. The molecule has 0 aliphatic heterocycles. The van der Waals surface area contributed by atoms with Crippen molar-refractivity contribution < 1.29 is 4.39 Å². The molecule has 2 aromatic rings. The molecule has 0 aliphatic rings. The Bertz CT molecular complexity index is 544. The molecule has 92 valence electrons. The lowest BCUT2D eigenvalue weighted by Gasteiger charge is -2.06. The van der Waals surface area contributed by atoms with Gasteiger partial charge in [0.25, 0.3) is 0 Å². The molecule has 2 rings (SSSR count). The summed E-state index contributed by atoms with van der Waals surface area (Å²) >= 11 is 10.8. The van der Waals surface area contributed by atoms with Crippen molar-refractivity contribution in [2.45, 2.75) is 12.4 Å². The molecule has 1 aromatic heterocycles. The van der Waals surface area contributed by atoms with Gasteiger partial charge >= 0.3 is 0 Å². The van der Waals surface area contributed by atoms with Crippen LogP contribution in [0.2, 0.25) is 0 Å². The van der Waals surface area contributed by atoms with Gasteiger partial charge in [-0.05, 0) is 28.3 Å². The number of alkyl halides is 1. The van der Waals surface area contributed by atoms with Gasteiger partial charge in [0.2, 0.25) is 0 Å². The Labute approximate surface area is 117 Å². The minimum atomic E-state index is -0.298. The first-order valence-corrected chi connectivity index (χ1v) is 7.78. The van der Waals surface area contributed by atoms with Crippen molar-refractivity contribution in [1.29, 1.82) is 0 Å². The van der Waals surface area contributed by atoms with E-state index in [1.807, 2.05) is 4.57 Å². The fourth-order valence-corrected chi connectivity index (χ4v) is 2.60. The molecular weight excluding hydrogens is 327 g/mol. The van der Waals surface area contributed by atoms with Crippen molar-refractivity contribution in [2.24, 2.45) is 0 Å². The molecule has 0 amide bonds. The number of imidazole rings is 1. The highest BCUT2D eigenvalue weighted by atomic mass is 79.9. The van der Waals surface area contributed by atoms with Crippen LogP contribution in [0.4, 0.5) is 4.39 Å². The lowest BCUT2D eigenvalue weighted by molar-refractivity contribution is 0.622. The molecule has 1 heterocycles. The Kier molecular flexibility index (Phi) is 4.33. The van der Waals surface area contributed by atoms with Gasteiger partial charge in [-0.2, -0.15) is 11.8 Å². The maximum atomic E-state index is 13.4. The zero-order chi connectivity index (χ0) is 12.4. The average Bonchev–Trinajstić information content (AvgIpc) is 2.64. The SMILES string of the molecule is CSCCn1c(CCl)nc2cc(F)c(Br)cc21. The van der Waals surface area contributed by atoms with Crippen LogP contribution < -0.4 is 0 Å². The Balaban J connectivity index is 2.57. The van der Waals surface area contributed by atoms with Crippen LogP contribution in [-0.4, -0.2) is 21.6 Å². The lowest BCUT2D eigenvalue weighted by Crippen LogP contribution is -2.04. The van der Waals surface area contributed by atoms with Gasteiger partial charge in [-0.15, -0.1) is 11.6 Å². The first kappa shape index (κ1) is 13.2. The molecule has 2 nitrogen and oxygen atoms in total. The fourth-order valence-electron chi connectivity index (χ4n) is 1.70. The number of aromatic nitrogens is 2. The van der Waals surface area contributed by atoms with Crippen molar-refractivity contribution in [1.82, 2.24) is 9.55 Å². The molecule has 1 aromatic carbocycles. The second-order valence-corrected chi connectivity index (χ2v) is 5.67. The Morgan fingerprint density at radius 1 is 1.53 bits per heavy atom. The van der Waals surface area contributed by atoms with Crippen molar-refractivity contribution in [3.63, 3.8) is 0 Å². The molecule has 0 aliphatic carbocycles. The van der Waals surface area contributed by atoms with Crippen LogP contribution in [0.3, 0.4) is 0 Å². The number of thioether (sulfide) groups is 1. The smallest absolute Gasteiger partial charge is 0.139 e. The largest absolute Gasteiger partial charge is 0.326 e. The number of hydrogen-bond donors (Lipinski definition) is 0. The van der Waals surface area contributed by atoms with Crippen LogP contribution in [-0.2, 0) is 12.4 Å². The number of hydrogen-bond acceptors (Lipinski definition) is 2. The van der Waals surface area contributed by atoms with Gasteiger partial charge in [0, 0.05) is 18.4 Å². The number of rotatable bonds is 4. The van der Waals surface area contributed by atoms with Crippen LogP contribution >= 0.6 is 39.3 Å². The Hall–Kier alpha value is -0.260. The molecular formula is C11H11BrClFN2S. The average molecular weight is 338 g/mol. The predicted molar refractivity (Wildman–Crippen MR) is 75.3 cm³/mol. The molecule has 0 saturated heterocycles. The number of nitrogens with zero attached hydrogens (tertiary/aromatic N) is 2. The van der Waals surface area contributed by atoms with Gasteiger partial charge in [-0.1, -0.05) is 0 Å². The molecule has 0 saturated carbocycles. The zero-order valence-corrected chi connectivity index (χ0v) is 12.4. The zero-order valence-electron chi connectivity index (χ0n) is 9.21. The summed E-state index contributed by atoms with van der Waals surface area (Å²) in [6, 6.07) is 3.19. The molecule has 17 heavy (non-hydrogen) atoms. The van der Waals surface area contributed by atoms with Crippen LogP contribution in [0.5, 0.6) is 0 Å². The van der Waals surface area contributed by atoms with E-state index in [1.54, 1.807) is 17.8 Å². The molecule has 0 unspecified atom stereocenters. The molecule has 0 N–H and O–H groups in total. The van der Waals surface area contributed by atoms with Gasteiger partial charge < -0.3 is 4.57 Å². The van der Waals surface area contributed by atoms with Crippen molar-refractivity contribution in [3.05, 3.63) is 28.2 Å². The van der Waals surface area contributed by atoms with Crippen LogP contribution in [0.1, 0.15) is 5.82 Å². The molecule has 0 radical (unpaired) electrons. The summed E-state index contributed by atoms with van der Waals surface area (Å²) in [6.45, 7) is 0.831. The van der Waals surface area contributed by atoms with Gasteiger partial charge in [0.1, 0.15) is 11.6 Å². The number of benzene rings is 1. The topological polar surface area (TPSA) is 17.8 Å². The summed E-state index contributed by atoms with van der Waals surface area (Å²) in [6.07, 6.45) is 2.05. The predicted octanol–water partition coefficient (Wildman–Crippen LogP) is 4.04. The molecule has 6 heteroatoms. The molecule has 0 atom stereocenters. The summed E-state index contributed by atoms with van der Waals surface area (Å²) in [7, 11) is 0. The Morgan fingerprint density at radius 3 is 2.94 bits per heavy atom. The maximum absolute atomic E-state index is 13.4. The Morgan fingerprint density at radius 2 is 2.29 bits per heavy atom. The van der Waals surface area contributed by atoms with Crippen molar-refractivity contribution in [2.75, 3.05) is 12.0 Å². The van der Waals surface area contributed by atoms with Gasteiger partial charge in [-0.3, -0.25) is 0 Å². The van der Waals surface area contributed by atoms with E-state index in [1.165, 1.54) is 6.07 Å². The van der Waals surface area contributed by atoms with Crippen LogP contribution in [0.15, 0.2) is 16.6 Å². The van der Waals surface area contributed by atoms with Gasteiger partial charge in [-0.25, -0.2) is 9.37 Å². The fraction of sp³-hybridized carbons (Fsp3) is 0.364. The summed E-state index contributed by atoms with van der Waals surface area (Å²) in [5.41, 5.74) is 1.57. The first-order valence-electron chi connectivity index (χ1n) is 5.06. The maximum Gasteiger partial charge on any atom is 0.139 e. The van der Waals surface area contributed by atoms with Gasteiger partial charge in [0.05, 0.1) is 21.4 Å². The highest BCUT2D eigenvalue weighted by molar-refractivity contribution is 9.10. The molecule has 0 spiro atoms. The van der Waals surface area contributed by atoms with Crippen molar-refractivity contribution in [3.8, 4) is 0 Å². The highest BCUT2D eigenvalue weighted by Crippen LogP contribution is 2.25. The van der Waals surface area contributed by atoms with E-state index in [9.17, 15) is 4.39 Å². The molecule has 0 fully saturated rings. The summed E-state index contributed by atoms with van der Waals surface area (Å²) in [5, 5.41) is 0. The lowest BCUT2D eigenvalue weighted by atomic mass is 10.3. The van der Waals surface area contributed by atoms with E-state index in [0.717, 1.165) is 23.6 Å². The third kappa shape index (κ3) is 2.61. The van der Waals surface area contributed by atoms with Crippen LogP contribution in [0, 0.1) is 5.82 Å². The normalized spacial score (nSPS) is 11.3. The third-order valence-electron chi connectivity index (χ3n) is 2.51. The van der Waals surface area contributed by atoms with E-state index in [4.69, 9.17) is 11.6 Å². The highest BCUT2D eigenvalue weighted by Gasteiger charge is 2.12. The third-order valence-corrected chi connectivity index (χ3v) is 3.95. The van der Waals surface area contributed by atoms with E-state index in [0.29, 0.717) is 15.9 Å².